The van der Waals surface area contributed by atoms with Crippen molar-refractivity contribution in [1.29, 1.82) is 0 Å². The summed E-state index contributed by atoms with van der Waals surface area (Å²) in [5, 5.41) is 1.12. The number of para-hydroxylation sites is 1. The van der Waals surface area contributed by atoms with Crippen LogP contribution in [0.25, 0.3) is 33.3 Å². The molecule has 4 aromatic rings. The van der Waals surface area contributed by atoms with Gasteiger partial charge in [0.1, 0.15) is 11.6 Å². The van der Waals surface area contributed by atoms with E-state index in [1.165, 1.54) is 11.3 Å². The normalized spacial score (nSPS) is 17.9. The molecule has 0 spiro atoms. The van der Waals surface area contributed by atoms with E-state index >= 15 is 0 Å². The molecule has 0 amide bonds. The molecular formula is C26H30N6O. The monoisotopic (exact) mass is 442 g/mol. The van der Waals surface area contributed by atoms with Crippen LogP contribution in [-0.2, 0) is 4.74 Å². The average molecular weight is 443 g/mol. The summed E-state index contributed by atoms with van der Waals surface area (Å²) in [4.78, 5) is 20.9. The van der Waals surface area contributed by atoms with Crippen LogP contribution in [0.1, 0.15) is 5.56 Å². The quantitative estimate of drug-likeness (QED) is 0.522. The fraction of sp³-hybridized carbons (Fsp3) is 0.385. The van der Waals surface area contributed by atoms with Crippen LogP contribution in [0.15, 0.2) is 42.5 Å². The van der Waals surface area contributed by atoms with E-state index in [-0.39, 0.29) is 0 Å². The minimum absolute atomic E-state index is 0.724. The lowest BCUT2D eigenvalue weighted by Crippen LogP contribution is -2.44. The topological polar surface area (TPSA) is 60.5 Å². The molecule has 0 atom stereocenters. The van der Waals surface area contributed by atoms with Crippen molar-refractivity contribution in [2.24, 2.45) is 0 Å². The van der Waals surface area contributed by atoms with Gasteiger partial charge in [0.2, 0.25) is 0 Å². The molecule has 2 saturated heterocycles. The second-order valence-corrected chi connectivity index (χ2v) is 9.19. The number of hydrogen-bond acceptors (Lipinski definition) is 6. The van der Waals surface area contributed by atoms with Gasteiger partial charge in [0.05, 0.1) is 35.3 Å². The first-order chi connectivity index (χ1) is 16.2. The minimum atomic E-state index is 0.724. The van der Waals surface area contributed by atoms with Crippen molar-refractivity contribution in [3.63, 3.8) is 0 Å². The molecule has 0 radical (unpaired) electrons. The van der Waals surface area contributed by atoms with Crippen LogP contribution in [0.5, 0.6) is 0 Å². The molecule has 0 aliphatic carbocycles. The van der Waals surface area contributed by atoms with Crippen molar-refractivity contribution in [3.05, 3.63) is 48.0 Å². The lowest BCUT2D eigenvalue weighted by Gasteiger charge is -2.34. The van der Waals surface area contributed by atoms with Gasteiger partial charge in [-0.05, 0) is 43.8 Å². The molecule has 1 N–H and O–H groups in total. The lowest BCUT2D eigenvalue weighted by molar-refractivity contribution is 0.122. The van der Waals surface area contributed by atoms with Gasteiger partial charge in [-0.1, -0.05) is 18.2 Å². The first kappa shape index (κ1) is 20.4. The zero-order valence-electron chi connectivity index (χ0n) is 19.3. The van der Waals surface area contributed by atoms with E-state index in [0.717, 1.165) is 91.6 Å². The number of morpholine rings is 1. The highest BCUT2D eigenvalue weighted by atomic mass is 16.5. The molecule has 0 bridgehead atoms. The zero-order chi connectivity index (χ0) is 22.4. The fourth-order valence-electron chi connectivity index (χ4n) is 4.94. The molecule has 0 saturated carbocycles. The minimum Gasteiger partial charge on any atom is -0.378 e. The Bertz CT molecular complexity index is 1300. The van der Waals surface area contributed by atoms with Crippen molar-refractivity contribution in [1.82, 2.24) is 19.9 Å². The Morgan fingerprint density at radius 3 is 2.48 bits per heavy atom. The molecule has 0 unspecified atom stereocenters. The molecule has 7 nitrogen and oxygen atoms in total. The van der Waals surface area contributed by atoms with Crippen LogP contribution in [0, 0.1) is 6.92 Å². The Hall–Kier alpha value is -3.16. The maximum absolute atomic E-state index is 5.59. The summed E-state index contributed by atoms with van der Waals surface area (Å²) in [6.45, 7) is 9.58. The van der Waals surface area contributed by atoms with Crippen LogP contribution in [0.4, 0.5) is 11.5 Å². The van der Waals surface area contributed by atoms with Gasteiger partial charge in [-0.2, -0.15) is 0 Å². The number of anilines is 2. The molecule has 170 valence electrons. The maximum atomic E-state index is 5.59. The smallest absolute Gasteiger partial charge is 0.142 e. The highest BCUT2D eigenvalue weighted by molar-refractivity contribution is 5.92. The zero-order valence-corrected chi connectivity index (χ0v) is 19.3. The number of H-pyrrole nitrogens is 1. The first-order valence-electron chi connectivity index (χ1n) is 11.8. The number of pyridine rings is 1. The first-order valence-corrected chi connectivity index (χ1v) is 11.8. The number of likely N-dealkylation sites (N-methyl/N-ethyl adjacent to an activating group) is 1. The van der Waals surface area contributed by atoms with Crippen LogP contribution in [0.3, 0.4) is 0 Å². The Labute approximate surface area is 194 Å². The number of aryl methyl sites for hydroxylation is 1. The SMILES string of the molecule is Cc1cc(N2CCN(C)CC2)cc2[nH]c(-c3cc4ccccc4nc3N3CCOCC3)nc12. The van der Waals surface area contributed by atoms with E-state index < -0.39 is 0 Å². The van der Waals surface area contributed by atoms with E-state index in [1.807, 2.05) is 6.07 Å². The van der Waals surface area contributed by atoms with E-state index in [9.17, 15) is 0 Å². The van der Waals surface area contributed by atoms with Gasteiger partial charge < -0.3 is 24.4 Å². The van der Waals surface area contributed by atoms with Crippen LogP contribution >= 0.6 is 0 Å². The number of piperazine rings is 1. The van der Waals surface area contributed by atoms with Gasteiger partial charge >= 0.3 is 0 Å². The Morgan fingerprint density at radius 1 is 0.879 bits per heavy atom. The third kappa shape index (κ3) is 3.81. The molecule has 2 fully saturated rings. The summed E-state index contributed by atoms with van der Waals surface area (Å²) in [7, 11) is 2.19. The third-order valence-corrected chi connectivity index (χ3v) is 6.90. The van der Waals surface area contributed by atoms with Crippen molar-refractivity contribution in [3.8, 4) is 11.4 Å². The summed E-state index contributed by atoms with van der Waals surface area (Å²) >= 11 is 0. The molecule has 2 aromatic heterocycles. The fourth-order valence-corrected chi connectivity index (χ4v) is 4.94. The number of hydrogen-bond donors (Lipinski definition) is 1. The number of ether oxygens (including phenoxy) is 1. The van der Waals surface area contributed by atoms with Crippen molar-refractivity contribution in [2.75, 3.05) is 69.3 Å². The molecular weight excluding hydrogens is 412 g/mol. The molecule has 4 heterocycles. The van der Waals surface area contributed by atoms with Gasteiger partial charge in [-0.3, -0.25) is 0 Å². The predicted octanol–water partition coefficient (Wildman–Crippen LogP) is 3.67. The van der Waals surface area contributed by atoms with Crippen molar-refractivity contribution in [2.45, 2.75) is 6.92 Å². The summed E-state index contributed by atoms with van der Waals surface area (Å²) in [6.07, 6.45) is 0. The highest BCUT2D eigenvalue weighted by Crippen LogP contribution is 2.34. The number of benzene rings is 2. The summed E-state index contributed by atoms with van der Waals surface area (Å²) in [6, 6.07) is 15.1. The molecule has 33 heavy (non-hydrogen) atoms. The summed E-state index contributed by atoms with van der Waals surface area (Å²) in [5.41, 5.74) is 6.64. The van der Waals surface area contributed by atoms with E-state index in [4.69, 9.17) is 14.7 Å². The number of rotatable bonds is 3. The number of nitrogens with zero attached hydrogens (tertiary/aromatic N) is 5. The Morgan fingerprint density at radius 2 is 1.67 bits per heavy atom. The van der Waals surface area contributed by atoms with Gasteiger partial charge in [-0.25, -0.2) is 9.97 Å². The maximum Gasteiger partial charge on any atom is 0.142 e. The van der Waals surface area contributed by atoms with E-state index in [2.05, 4.69) is 70.1 Å². The van der Waals surface area contributed by atoms with Gasteiger partial charge in [-0.15, -0.1) is 0 Å². The number of fused-ring (bicyclic) bond motifs is 2. The van der Waals surface area contributed by atoms with Crippen molar-refractivity contribution >= 4 is 33.4 Å². The highest BCUT2D eigenvalue weighted by Gasteiger charge is 2.22. The standard InChI is InChI=1S/C26H30N6O/c1-18-15-20(31-9-7-30(2)8-10-31)17-23-24(18)29-25(27-23)21-16-19-5-3-4-6-22(19)28-26(21)32-11-13-33-14-12-32/h3-6,15-17H,7-14H2,1-2H3,(H,27,29). The second-order valence-electron chi connectivity index (χ2n) is 9.19. The predicted molar refractivity (Wildman–Crippen MR) is 134 cm³/mol. The lowest BCUT2D eigenvalue weighted by atomic mass is 10.1. The number of aromatic amines is 1. The van der Waals surface area contributed by atoms with Gasteiger partial charge in [0.15, 0.2) is 0 Å². The summed E-state index contributed by atoms with van der Waals surface area (Å²) < 4.78 is 5.59. The molecule has 2 aliphatic rings. The third-order valence-electron chi connectivity index (χ3n) is 6.90. The molecule has 6 rings (SSSR count). The molecule has 7 heteroatoms. The van der Waals surface area contributed by atoms with Crippen LogP contribution < -0.4 is 9.80 Å². The van der Waals surface area contributed by atoms with Gasteiger partial charge in [0.25, 0.3) is 0 Å². The number of nitrogens with one attached hydrogen (secondary N) is 1. The van der Waals surface area contributed by atoms with E-state index in [1.54, 1.807) is 0 Å². The Balaban J connectivity index is 1.45. The summed E-state index contributed by atoms with van der Waals surface area (Å²) in [5.74, 6) is 1.86. The number of imidazole rings is 1. The molecule has 2 aromatic carbocycles. The van der Waals surface area contributed by atoms with Crippen LogP contribution in [-0.4, -0.2) is 79.4 Å². The second kappa shape index (κ2) is 8.32. The van der Waals surface area contributed by atoms with E-state index in [0.29, 0.717) is 0 Å². The average Bonchev–Trinajstić information content (AvgIpc) is 3.29. The van der Waals surface area contributed by atoms with Crippen LogP contribution in [0.2, 0.25) is 0 Å². The van der Waals surface area contributed by atoms with Crippen molar-refractivity contribution < 1.29 is 4.74 Å². The molecule has 2 aliphatic heterocycles. The Kier molecular flexibility index (Phi) is 5.15. The van der Waals surface area contributed by atoms with Gasteiger partial charge in [0, 0.05) is 50.3 Å². The largest absolute Gasteiger partial charge is 0.378 e. The number of aromatic nitrogens is 3.